The second-order valence-electron chi connectivity index (χ2n) is 6.50. The summed E-state index contributed by atoms with van der Waals surface area (Å²) in [6.45, 7) is 11.5. The lowest BCUT2D eigenvalue weighted by Gasteiger charge is -2.41. The van der Waals surface area contributed by atoms with Crippen LogP contribution in [0.1, 0.15) is 33.6 Å². The number of nitrogens with zero attached hydrogens (tertiary/aromatic N) is 2. The minimum Gasteiger partial charge on any atom is -0.444 e. The highest BCUT2D eigenvalue weighted by Crippen LogP contribution is 2.15. The molecule has 2 rings (SSSR count). The quantitative estimate of drug-likeness (QED) is 0.779. The number of carbonyl (C=O) groups excluding carboxylic acids is 1. The molecule has 1 unspecified atom stereocenters. The standard InChI is InChI=1S/C14H27N3O2/c1-14(2,3)19-13(18)17-9-7-16(8-10-17)12-5-4-6-15-11-12/h12,15H,4-11H2,1-3H3. The topological polar surface area (TPSA) is 44.8 Å². The Hall–Kier alpha value is -0.810. The third kappa shape index (κ3) is 4.35. The summed E-state index contributed by atoms with van der Waals surface area (Å²) >= 11 is 0. The van der Waals surface area contributed by atoms with Gasteiger partial charge in [-0.25, -0.2) is 4.79 Å². The molecule has 2 saturated heterocycles. The van der Waals surface area contributed by atoms with E-state index in [2.05, 4.69) is 10.2 Å². The first-order valence-corrected chi connectivity index (χ1v) is 7.38. The summed E-state index contributed by atoms with van der Waals surface area (Å²) in [6.07, 6.45) is 2.37. The van der Waals surface area contributed by atoms with Gasteiger partial charge in [-0.15, -0.1) is 0 Å². The molecule has 0 aromatic rings. The predicted octanol–water partition coefficient (Wildman–Crippen LogP) is 1.29. The van der Waals surface area contributed by atoms with Gasteiger partial charge in [0.15, 0.2) is 0 Å². The number of piperazine rings is 1. The first kappa shape index (κ1) is 14.6. The molecule has 19 heavy (non-hydrogen) atoms. The summed E-state index contributed by atoms with van der Waals surface area (Å²) in [6, 6.07) is 0.648. The van der Waals surface area contributed by atoms with Gasteiger partial charge in [0.2, 0.25) is 0 Å². The fourth-order valence-electron chi connectivity index (χ4n) is 2.74. The van der Waals surface area contributed by atoms with Crippen LogP contribution in [0.5, 0.6) is 0 Å². The molecule has 5 nitrogen and oxygen atoms in total. The van der Waals surface area contributed by atoms with Crippen molar-refractivity contribution < 1.29 is 9.53 Å². The Morgan fingerprint density at radius 1 is 1.21 bits per heavy atom. The maximum absolute atomic E-state index is 12.0. The number of amides is 1. The SMILES string of the molecule is CC(C)(C)OC(=O)N1CCN(C2CCCNC2)CC1. The van der Waals surface area contributed by atoms with E-state index in [1.807, 2.05) is 25.7 Å². The molecule has 2 aliphatic rings. The van der Waals surface area contributed by atoms with Gasteiger partial charge in [0.25, 0.3) is 0 Å². The van der Waals surface area contributed by atoms with Crippen molar-refractivity contribution in [2.45, 2.75) is 45.3 Å². The Bertz CT molecular complexity index is 300. The molecule has 2 fully saturated rings. The van der Waals surface area contributed by atoms with Crippen molar-refractivity contribution in [3.63, 3.8) is 0 Å². The van der Waals surface area contributed by atoms with Gasteiger partial charge in [-0.3, -0.25) is 4.90 Å². The van der Waals surface area contributed by atoms with Crippen molar-refractivity contribution in [1.29, 1.82) is 0 Å². The largest absolute Gasteiger partial charge is 0.444 e. The molecule has 110 valence electrons. The molecule has 1 amide bonds. The van der Waals surface area contributed by atoms with E-state index >= 15 is 0 Å². The van der Waals surface area contributed by atoms with E-state index in [9.17, 15) is 4.79 Å². The van der Waals surface area contributed by atoms with E-state index < -0.39 is 5.60 Å². The van der Waals surface area contributed by atoms with Crippen LogP contribution in [0, 0.1) is 0 Å². The minimum atomic E-state index is -0.401. The van der Waals surface area contributed by atoms with Crippen LogP contribution >= 0.6 is 0 Å². The average molecular weight is 269 g/mol. The van der Waals surface area contributed by atoms with Crippen LogP contribution in [0.4, 0.5) is 4.79 Å². The van der Waals surface area contributed by atoms with Crippen molar-refractivity contribution in [3.8, 4) is 0 Å². The van der Waals surface area contributed by atoms with Crippen LogP contribution in [0.15, 0.2) is 0 Å². The lowest BCUT2D eigenvalue weighted by Crippen LogP contribution is -2.55. The van der Waals surface area contributed by atoms with Gasteiger partial charge in [-0.05, 0) is 40.2 Å². The molecular formula is C14H27N3O2. The van der Waals surface area contributed by atoms with Crippen LogP contribution < -0.4 is 5.32 Å². The van der Waals surface area contributed by atoms with Crippen LogP contribution in [-0.2, 0) is 4.74 Å². The summed E-state index contributed by atoms with van der Waals surface area (Å²) in [5.41, 5.74) is -0.401. The number of hydrogen-bond acceptors (Lipinski definition) is 4. The Labute approximate surface area is 116 Å². The van der Waals surface area contributed by atoms with Crippen molar-refractivity contribution in [3.05, 3.63) is 0 Å². The maximum Gasteiger partial charge on any atom is 0.410 e. The lowest BCUT2D eigenvalue weighted by molar-refractivity contribution is 0.00907. The number of ether oxygens (including phenoxy) is 1. The maximum atomic E-state index is 12.0. The van der Waals surface area contributed by atoms with E-state index in [0.29, 0.717) is 6.04 Å². The first-order valence-electron chi connectivity index (χ1n) is 7.38. The van der Waals surface area contributed by atoms with E-state index in [1.165, 1.54) is 12.8 Å². The van der Waals surface area contributed by atoms with Crippen LogP contribution in [0.2, 0.25) is 0 Å². The molecule has 0 bridgehead atoms. The monoisotopic (exact) mass is 269 g/mol. The molecule has 0 radical (unpaired) electrons. The van der Waals surface area contributed by atoms with Crippen molar-refractivity contribution >= 4 is 6.09 Å². The Kier molecular flexibility index (Phi) is 4.68. The third-order valence-corrected chi connectivity index (χ3v) is 3.75. The molecule has 1 atom stereocenters. The highest BCUT2D eigenvalue weighted by atomic mass is 16.6. The fourth-order valence-corrected chi connectivity index (χ4v) is 2.74. The van der Waals surface area contributed by atoms with Gasteiger partial charge in [0.05, 0.1) is 0 Å². The van der Waals surface area contributed by atoms with Gasteiger partial charge in [0.1, 0.15) is 5.60 Å². The van der Waals surface area contributed by atoms with Crippen molar-refractivity contribution in [1.82, 2.24) is 15.1 Å². The molecule has 0 aliphatic carbocycles. The summed E-state index contributed by atoms with van der Waals surface area (Å²) in [4.78, 5) is 16.3. The van der Waals surface area contributed by atoms with Crippen LogP contribution in [0.3, 0.4) is 0 Å². The van der Waals surface area contributed by atoms with Gasteiger partial charge >= 0.3 is 6.09 Å². The number of carbonyl (C=O) groups is 1. The minimum absolute atomic E-state index is 0.172. The molecule has 2 aliphatic heterocycles. The van der Waals surface area contributed by atoms with Crippen molar-refractivity contribution in [2.24, 2.45) is 0 Å². The fraction of sp³-hybridized carbons (Fsp3) is 0.929. The number of rotatable bonds is 1. The van der Waals surface area contributed by atoms with Crippen molar-refractivity contribution in [2.75, 3.05) is 39.3 Å². The zero-order valence-electron chi connectivity index (χ0n) is 12.4. The van der Waals surface area contributed by atoms with Crippen LogP contribution in [0.25, 0.3) is 0 Å². The van der Waals surface area contributed by atoms with E-state index in [1.54, 1.807) is 0 Å². The smallest absolute Gasteiger partial charge is 0.410 e. The molecule has 0 saturated carbocycles. The molecular weight excluding hydrogens is 242 g/mol. The van der Waals surface area contributed by atoms with Gasteiger partial charge in [0, 0.05) is 38.8 Å². The van der Waals surface area contributed by atoms with Gasteiger partial charge in [-0.1, -0.05) is 0 Å². The average Bonchev–Trinajstić information content (AvgIpc) is 2.38. The van der Waals surface area contributed by atoms with E-state index in [0.717, 1.165) is 39.3 Å². The van der Waals surface area contributed by atoms with E-state index in [-0.39, 0.29) is 6.09 Å². The number of hydrogen-bond donors (Lipinski definition) is 1. The molecule has 5 heteroatoms. The molecule has 2 heterocycles. The Morgan fingerprint density at radius 2 is 1.89 bits per heavy atom. The Balaban J connectivity index is 1.77. The van der Waals surface area contributed by atoms with E-state index in [4.69, 9.17) is 4.74 Å². The summed E-state index contributed by atoms with van der Waals surface area (Å²) < 4.78 is 5.41. The highest BCUT2D eigenvalue weighted by Gasteiger charge is 2.29. The lowest BCUT2D eigenvalue weighted by atomic mass is 10.1. The molecule has 0 spiro atoms. The van der Waals surface area contributed by atoms with Gasteiger partial charge in [-0.2, -0.15) is 0 Å². The molecule has 0 aromatic carbocycles. The predicted molar refractivity (Wildman–Crippen MR) is 75.3 cm³/mol. The third-order valence-electron chi connectivity index (χ3n) is 3.75. The zero-order chi connectivity index (χ0) is 13.9. The number of nitrogens with one attached hydrogen (secondary N) is 1. The number of piperidine rings is 1. The second kappa shape index (κ2) is 6.09. The molecule has 0 aromatic heterocycles. The summed E-state index contributed by atoms with van der Waals surface area (Å²) in [7, 11) is 0. The van der Waals surface area contributed by atoms with Crippen LogP contribution in [-0.4, -0.2) is 66.8 Å². The first-order chi connectivity index (χ1) is 8.96. The second-order valence-corrected chi connectivity index (χ2v) is 6.50. The normalized spacial score (nSPS) is 26.3. The van der Waals surface area contributed by atoms with Gasteiger partial charge < -0.3 is 15.0 Å². The molecule has 1 N–H and O–H groups in total. The Morgan fingerprint density at radius 3 is 2.42 bits per heavy atom. The zero-order valence-corrected chi connectivity index (χ0v) is 12.4. The summed E-state index contributed by atoms with van der Waals surface area (Å²) in [5.74, 6) is 0. The highest BCUT2D eigenvalue weighted by molar-refractivity contribution is 5.68. The summed E-state index contributed by atoms with van der Waals surface area (Å²) in [5, 5.41) is 3.45.